The highest BCUT2D eigenvalue weighted by Crippen LogP contribution is 2.29. The fraction of sp³-hybridized carbons (Fsp3) is 0.412. The van der Waals surface area contributed by atoms with Crippen LogP contribution in [-0.4, -0.2) is 29.2 Å². The van der Waals surface area contributed by atoms with Crippen molar-refractivity contribution >= 4 is 0 Å². The Kier molecular flexibility index (Phi) is 8.13. The van der Waals surface area contributed by atoms with E-state index in [9.17, 15) is 13.2 Å². The van der Waals surface area contributed by atoms with Gasteiger partial charge in [-0.25, -0.2) is 4.98 Å². The Labute approximate surface area is 145 Å². The van der Waals surface area contributed by atoms with Crippen molar-refractivity contribution in [3.05, 3.63) is 47.9 Å². The second-order valence-corrected chi connectivity index (χ2v) is 4.96. The van der Waals surface area contributed by atoms with E-state index in [1.54, 1.807) is 12.4 Å². The number of aryl methyl sites for hydroxylation is 1. The molecule has 2 aromatic heterocycles. The highest BCUT2D eigenvalue weighted by atomic mass is 19.4. The lowest BCUT2D eigenvalue weighted by Gasteiger charge is -2.14. The van der Waals surface area contributed by atoms with Crippen molar-refractivity contribution in [3.8, 4) is 11.6 Å². The fourth-order valence-corrected chi connectivity index (χ4v) is 1.68. The summed E-state index contributed by atoms with van der Waals surface area (Å²) in [4.78, 5) is 7.58. The lowest BCUT2D eigenvalue weighted by Crippen LogP contribution is -2.34. The van der Waals surface area contributed by atoms with E-state index in [1.165, 1.54) is 0 Å². The molecule has 1 unspecified atom stereocenters. The molecular formula is C17H22F3N3O2. The second kappa shape index (κ2) is 9.83. The van der Waals surface area contributed by atoms with Crippen LogP contribution in [0.4, 0.5) is 13.2 Å². The van der Waals surface area contributed by atoms with E-state index in [1.807, 2.05) is 26.8 Å². The van der Waals surface area contributed by atoms with Crippen LogP contribution in [0, 0.1) is 6.92 Å². The van der Waals surface area contributed by atoms with E-state index in [0.29, 0.717) is 5.75 Å². The summed E-state index contributed by atoms with van der Waals surface area (Å²) in [6, 6.07) is 3.42. The molecule has 0 aliphatic rings. The number of ether oxygens (including phenoxy) is 2. The van der Waals surface area contributed by atoms with Crippen LogP contribution in [-0.2, 0) is 6.18 Å². The molecule has 0 fully saturated rings. The lowest BCUT2D eigenvalue weighted by molar-refractivity contribution is -0.137. The number of aromatic nitrogens is 2. The van der Waals surface area contributed by atoms with Gasteiger partial charge in [-0.1, -0.05) is 13.8 Å². The smallest absolute Gasteiger partial charge is 0.417 e. The summed E-state index contributed by atoms with van der Waals surface area (Å²) < 4.78 is 47.9. The van der Waals surface area contributed by atoms with Crippen molar-refractivity contribution in [2.24, 2.45) is 5.73 Å². The predicted molar refractivity (Wildman–Crippen MR) is 88.5 cm³/mol. The molecular weight excluding hydrogens is 335 g/mol. The van der Waals surface area contributed by atoms with Gasteiger partial charge in [0.2, 0.25) is 5.88 Å². The van der Waals surface area contributed by atoms with Gasteiger partial charge in [-0.05, 0) is 24.6 Å². The van der Waals surface area contributed by atoms with Crippen molar-refractivity contribution in [1.29, 1.82) is 0 Å². The van der Waals surface area contributed by atoms with Gasteiger partial charge in [0.15, 0.2) is 0 Å². The lowest BCUT2D eigenvalue weighted by atomic mass is 10.3. The van der Waals surface area contributed by atoms with E-state index in [2.05, 4.69) is 9.97 Å². The number of halogens is 3. The van der Waals surface area contributed by atoms with E-state index in [-0.39, 0.29) is 19.1 Å². The number of nitrogens with two attached hydrogens (primary N) is 1. The molecule has 8 heteroatoms. The van der Waals surface area contributed by atoms with Crippen molar-refractivity contribution in [2.45, 2.75) is 33.0 Å². The van der Waals surface area contributed by atoms with Crippen LogP contribution >= 0.6 is 0 Å². The molecule has 0 saturated carbocycles. The molecule has 5 nitrogen and oxygen atoms in total. The van der Waals surface area contributed by atoms with Crippen molar-refractivity contribution < 1.29 is 22.6 Å². The van der Waals surface area contributed by atoms with Crippen LogP contribution in [0.3, 0.4) is 0 Å². The molecule has 2 heterocycles. The van der Waals surface area contributed by atoms with Crippen LogP contribution in [0.25, 0.3) is 0 Å². The molecule has 0 aliphatic carbocycles. The SMILES string of the molecule is CC.Cc1cncc(OCC(N)COc2ccc(C(F)(F)F)cn2)c1. The average molecular weight is 357 g/mol. The first-order valence-electron chi connectivity index (χ1n) is 7.80. The summed E-state index contributed by atoms with van der Waals surface area (Å²) in [5.41, 5.74) is 5.96. The Balaban J connectivity index is 0.00000151. The molecule has 0 aliphatic heterocycles. The zero-order valence-corrected chi connectivity index (χ0v) is 14.4. The molecule has 2 rings (SSSR count). The maximum absolute atomic E-state index is 12.4. The van der Waals surface area contributed by atoms with Gasteiger partial charge < -0.3 is 15.2 Å². The van der Waals surface area contributed by atoms with Gasteiger partial charge in [0.25, 0.3) is 0 Å². The standard InChI is InChI=1S/C15H16F3N3O2.C2H6/c1-10-4-13(7-20-5-10)22-8-12(19)9-23-14-3-2-11(6-21-14)15(16,17)18;1-2/h2-7,12H,8-9,19H2,1H3;1-2H3. The molecule has 2 aromatic rings. The third kappa shape index (κ3) is 7.38. The van der Waals surface area contributed by atoms with Crippen molar-refractivity contribution in [2.75, 3.05) is 13.2 Å². The fourth-order valence-electron chi connectivity index (χ4n) is 1.68. The molecule has 25 heavy (non-hydrogen) atoms. The summed E-state index contributed by atoms with van der Waals surface area (Å²) in [5, 5.41) is 0. The van der Waals surface area contributed by atoms with E-state index >= 15 is 0 Å². The van der Waals surface area contributed by atoms with Gasteiger partial charge in [-0.15, -0.1) is 0 Å². The van der Waals surface area contributed by atoms with Crippen LogP contribution in [0.5, 0.6) is 11.6 Å². The number of pyridine rings is 2. The zero-order valence-electron chi connectivity index (χ0n) is 14.4. The van der Waals surface area contributed by atoms with Gasteiger partial charge in [-0.2, -0.15) is 13.2 Å². The maximum Gasteiger partial charge on any atom is 0.417 e. The highest BCUT2D eigenvalue weighted by molar-refractivity contribution is 5.22. The van der Waals surface area contributed by atoms with Crippen LogP contribution in [0.1, 0.15) is 25.0 Å². The molecule has 0 radical (unpaired) electrons. The maximum atomic E-state index is 12.4. The highest BCUT2D eigenvalue weighted by Gasteiger charge is 2.30. The molecule has 138 valence electrons. The summed E-state index contributed by atoms with van der Waals surface area (Å²) in [7, 11) is 0. The normalized spacial score (nSPS) is 12.0. The van der Waals surface area contributed by atoms with Crippen LogP contribution < -0.4 is 15.2 Å². The summed E-state index contributed by atoms with van der Waals surface area (Å²) in [5.74, 6) is 0.666. The van der Waals surface area contributed by atoms with Gasteiger partial charge in [0, 0.05) is 18.5 Å². The minimum atomic E-state index is -4.42. The third-order valence-corrected chi connectivity index (χ3v) is 2.82. The molecule has 2 N–H and O–H groups in total. The Morgan fingerprint density at radius 3 is 2.32 bits per heavy atom. The van der Waals surface area contributed by atoms with E-state index in [0.717, 1.165) is 23.9 Å². The van der Waals surface area contributed by atoms with Gasteiger partial charge in [0.05, 0.1) is 17.8 Å². The molecule has 0 spiro atoms. The number of rotatable bonds is 6. The number of alkyl halides is 3. The van der Waals surface area contributed by atoms with Gasteiger partial charge >= 0.3 is 6.18 Å². The Morgan fingerprint density at radius 1 is 1.08 bits per heavy atom. The van der Waals surface area contributed by atoms with E-state index in [4.69, 9.17) is 15.2 Å². The summed E-state index contributed by atoms with van der Waals surface area (Å²) in [6.07, 6.45) is -0.433. The van der Waals surface area contributed by atoms with E-state index < -0.39 is 17.8 Å². The Hall–Kier alpha value is -2.35. The van der Waals surface area contributed by atoms with Gasteiger partial charge in [-0.3, -0.25) is 4.98 Å². The first kappa shape index (κ1) is 20.7. The predicted octanol–water partition coefficient (Wildman–Crippen LogP) is 3.62. The van der Waals surface area contributed by atoms with Crippen molar-refractivity contribution in [1.82, 2.24) is 9.97 Å². The molecule has 0 saturated heterocycles. The van der Waals surface area contributed by atoms with Gasteiger partial charge in [0.1, 0.15) is 19.0 Å². The average Bonchev–Trinajstić information content (AvgIpc) is 2.59. The number of hydrogen-bond acceptors (Lipinski definition) is 5. The Bertz CT molecular complexity index is 634. The zero-order chi connectivity index (χ0) is 18.9. The monoisotopic (exact) mass is 357 g/mol. The minimum absolute atomic E-state index is 0.0671. The van der Waals surface area contributed by atoms with Crippen LogP contribution in [0.15, 0.2) is 36.8 Å². The first-order valence-corrected chi connectivity index (χ1v) is 7.80. The largest absolute Gasteiger partial charge is 0.490 e. The molecule has 0 aromatic carbocycles. The topological polar surface area (TPSA) is 70.3 Å². The number of hydrogen-bond donors (Lipinski definition) is 1. The molecule has 0 bridgehead atoms. The summed E-state index contributed by atoms with van der Waals surface area (Å²) >= 11 is 0. The third-order valence-electron chi connectivity index (χ3n) is 2.82. The first-order chi connectivity index (χ1) is 11.8. The van der Waals surface area contributed by atoms with Crippen molar-refractivity contribution in [3.63, 3.8) is 0 Å². The molecule has 0 amide bonds. The minimum Gasteiger partial charge on any atom is -0.490 e. The quantitative estimate of drug-likeness (QED) is 0.855. The summed E-state index contributed by atoms with van der Waals surface area (Å²) in [6.45, 7) is 6.14. The number of nitrogens with zero attached hydrogens (tertiary/aromatic N) is 2. The Morgan fingerprint density at radius 2 is 1.76 bits per heavy atom. The second-order valence-electron chi connectivity index (χ2n) is 4.96. The van der Waals surface area contributed by atoms with Crippen LogP contribution in [0.2, 0.25) is 0 Å². The molecule has 1 atom stereocenters.